The zero-order valence-corrected chi connectivity index (χ0v) is 35.1. The van der Waals surface area contributed by atoms with E-state index in [1.807, 2.05) is 45.0 Å². The van der Waals surface area contributed by atoms with Crippen LogP contribution in [0.2, 0.25) is 0 Å². The number of carboxylic acids is 1. The van der Waals surface area contributed by atoms with Crippen LogP contribution in [-0.4, -0.2) is 52.6 Å². The summed E-state index contributed by atoms with van der Waals surface area (Å²) in [7, 11) is 0. The van der Waals surface area contributed by atoms with Gasteiger partial charge in [0.25, 0.3) is 5.91 Å². The Labute approximate surface area is 329 Å². The number of aryl methyl sites for hydroxylation is 1. The monoisotopic (exact) mass is 757 g/mol. The number of nitrogens with one attached hydrogen (secondary N) is 1. The van der Waals surface area contributed by atoms with E-state index in [1.54, 1.807) is 0 Å². The smallest absolute Gasteiger partial charge is 0.309 e. The Hall–Kier alpha value is -3.00. The normalized spacial score (nSPS) is 40.5. The number of carbonyl (C=O) groups excluding carboxylic acids is 3. The molecule has 55 heavy (non-hydrogen) atoms. The van der Waals surface area contributed by atoms with Crippen molar-refractivity contribution in [3.8, 4) is 0 Å². The predicted molar refractivity (Wildman–Crippen MR) is 212 cm³/mol. The molecule has 0 spiro atoms. The van der Waals surface area contributed by atoms with Crippen molar-refractivity contribution in [1.29, 1.82) is 0 Å². The molecule has 0 unspecified atom stereocenters. The topological polar surface area (TPSA) is 130 Å². The molecule has 1 aromatic rings. The third-order valence-electron chi connectivity index (χ3n) is 17.9. The van der Waals surface area contributed by atoms with Gasteiger partial charge < -0.3 is 20.3 Å². The second-order valence-electron chi connectivity index (χ2n) is 21.2. The Morgan fingerprint density at radius 3 is 2.13 bits per heavy atom. The number of benzene rings is 1. The van der Waals surface area contributed by atoms with Gasteiger partial charge in [-0.3, -0.25) is 19.2 Å². The van der Waals surface area contributed by atoms with Crippen LogP contribution in [0.15, 0.2) is 35.4 Å². The van der Waals surface area contributed by atoms with Gasteiger partial charge in [-0.15, -0.1) is 0 Å². The first-order valence-electron chi connectivity index (χ1n) is 21.3. The number of hydrogen-bond acceptors (Lipinski definition) is 6. The summed E-state index contributed by atoms with van der Waals surface area (Å²) >= 11 is 0. The third kappa shape index (κ3) is 5.74. The molecule has 302 valence electrons. The molecule has 5 saturated carbocycles. The van der Waals surface area contributed by atoms with Gasteiger partial charge in [0.2, 0.25) is 0 Å². The molecule has 8 nitrogen and oxygen atoms in total. The molecule has 8 heteroatoms. The van der Waals surface area contributed by atoms with Crippen molar-refractivity contribution in [3.63, 3.8) is 0 Å². The summed E-state index contributed by atoms with van der Waals surface area (Å²) in [5, 5.41) is 24.8. The number of esters is 1. The number of carbonyl (C=O) groups is 4. The highest BCUT2D eigenvalue weighted by Crippen LogP contribution is 2.77. The number of amides is 1. The molecule has 7 rings (SSSR count). The largest absolute Gasteiger partial charge is 0.481 e. The van der Waals surface area contributed by atoms with Gasteiger partial charge in [0, 0.05) is 29.4 Å². The molecule has 1 aromatic carbocycles. The van der Waals surface area contributed by atoms with Gasteiger partial charge in [0.15, 0.2) is 5.78 Å². The Bertz CT molecular complexity index is 1790. The summed E-state index contributed by atoms with van der Waals surface area (Å²) in [5.41, 5.74) is 2.24. The van der Waals surface area contributed by atoms with E-state index in [-0.39, 0.29) is 63.8 Å². The molecular formula is C47H67NO7. The van der Waals surface area contributed by atoms with Crippen molar-refractivity contribution in [1.82, 2.24) is 5.32 Å². The van der Waals surface area contributed by atoms with Gasteiger partial charge in [0.1, 0.15) is 6.10 Å². The maximum Gasteiger partial charge on any atom is 0.309 e. The Balaban J connectivity index is 1.13. The molecule has 0 saturated heterocycles. The first-order valence-corrected chi connectivity index (χ1v) is 21.3. The minimum Gasteiger partial charge on any atom is -0.481 e. The summed E-state index contributed by atoms with van der Waals surface area (Å²) in [4.78, 5) is 52.6. The van der Waals surface area contributed by atoms with E-state index >= 15 is 0 Å². The van der Waals surface area contributed by atoms with E-state index in [9.17, 15) is 29.4 Å². The average molecular weight is 758 g/mol. The first kappa shape index (κ1) is 40.2. The molecule has 0 aliphatic heterocycles. The van der Waals surface area contributed by atoms with Crippen molar-refractivity contribution in [2.24, 2.45) is 68.0 Å². The van der Waals surface area contributed by atoms with Crippen LogP contribution in [0.3, 0.4) is 0 Å². The van der Waals surface area contributed by atoms with Gasteiger partial charge in [-0.2, -0.15) is 0 Å². The Morgan fingerprint density at radius 2 is 1.51 bits per heavy atom. The lowest BCUT2D eigenvalue weighted by Crippen LogP contribution is -2.66. The van der Waals surface area contributed by atoms with E-state index in [0.717, 1.165) is 62.5 Å². The number of aliphatic carboxylic acids is 1. The number of ether oxygens (including phenoxy) is 1. The SMILES string of the molecule is Cc1ccc(C(=O)NC[C@H](O)[C@@]23CC[C@]4(C)[C@H](CC[C@@H]5[C@@]6(C)CC[C@H](OC(=O)[C@H]7C[C@@H](C(=O)O)C7(C)C)C(C)(C)[C@@H]6CC[C@]54C)C2=C(C(C)C)C(=O)C3)cc1. The standard InChI is InChI=1S/C47H67NO7/c1-26(2)37-32(49)24-47(35(50)25-48-39(51)28-13-11-27(3)12-14-28)22-21-45(9)29(38(37)47)15-16-34-44(8)19-18-36(43(6,7)33(44)17-20-46(34,45)10)55-41(54)31-23-30(40(52)53)42(31,4)5/h11-14,26,29-31,33-36,50H,15-25H2,1-10H3,(H,48,51)(H,52,53)/t29-,30+,31-,33+,34-,35+,36+,44+,45-,46-,47+/m1/s1. The van der Waals surface area contributed by atoms with Crippen LogP contribution in [0.1, 0.15) is 142 Å². The number of hydrogen-bond donors (Lipinski definition) is 3. The summed E-state index contributed by atoms with van der Waals surface area (Å²) < 4.78 is 6.40. The van der Waals surface area contributed by atoms with E-state index in [0.29, 0.717) is 30.2 Å². The molecule has 6 aliphatic carbocycles. The molecule has 6 aliphatic rings. The number of Topliss-reactive ketones (excluding diaryl/α,β-unsaturated/α-hetero) is 1. The number of allylic oxidation sites excluding steroid dienone is 1. The molecule has 0 heterocycles. The van der Waals surface area contributed by atoms with Crippen molar-refractivity contribution >= 4 is 23.6 Å². The molecule has 3 N–H and O–H groups in total. The van der Waals surface area contributed by atoms with Crippen LogP contribution in [-0.2, 0) is 19.1 Å². The minimum atomic E-state index is -0.861. The molecule has 0 radical (unpaired) electrons. The van der Waals surface area contributed by atoms with Crippen LogP contribution >= 0.6 is 0 Å². The van der Waals surface area contributed by atoms with Crippen molar-refractivity contribution in [3.05, 3.63) is 46.5 Å². The van der Waals surface area contributed by atoms with Crippen LogP contribution in [0.25, 0.3) is 0 Å². The van der Waals surface area contributed by atoms with Crippen molar-refractivity contribution in [2.75, 3.05) is 6.54 Å². The lowest BCUT2D eigenvalue weighted by molar-refractivity contribution is -0.238. The fraction of sp³-hybridized carbons (Fsp3) is 0.745. The number of rotatable bonds is 8. The molecule has 1 amide bonds. The van der Waals surface area contributed by atoms with E-state index < -0.39 is 34.7 Å². The van der Waals surface area contributed by atoms with Crippen LogP contribution in [0, 0.1) is 74.9 Å². The van der Waals surface area contributed by atoms with E-state index in [4.69, 9.17) is 4.74 Å². The fourth-order valence-corrected chi connectivity index (χ4v) is 14.4. The zero-order valence-electron chi connectivity index (χ0n) is 35.1. The summed E-state index contributed by atoms with van der Waals surface area (Å²) in [6.45, 7) is 22.3. The lowest BCUT2D eigenvalue weighted by atomic mass is 9.33. The van der Waals surface area contributed by atoms with E-state index in [1.165, 1.54) is 5.57 Å². The summed E-state index contributed by atoms with van der Waals surface area (Å²) in [6.07, 6.45) is 7.15. The van der Waals surface area contributed by atoms with Crippen LogP contribution in [0.4, 0.5) is 0 Å². The number of carboxylic acid groups (broad SMARTS) is 1. The maximum absolute atomic E-state index is 14.1. The van der Waals surface area contributed by atoms with Gasteiger partial charge in [-0.25, -0.2) is 0 Å². The molecule has 11 atom stereocenters. The molecular weight excluding hydrogens is 691 g/mol. The highest BCUT2D eigenvalue weighted by molar-refractivity contribution is 6.01. The fourth-order valence-electron chi connectivity index (χ4n) is 14.4. The summed E-state index contributed by atoms with van der Waals surface area (Å²) in [6, 6.07) is 7.45. The third-order valence-corrected chi connectivity index (χ3v) is 17.9. The van der Waals surface area contributed by atoms with E-state index in [2.05, 4.69) is 53.8 Å². The highest BCUT2D eigenvalue weighted by atomic mass is 16.5. The van der Waals surface area contributed by atoms with Crippen molar-refractivity contribution in [2.45, 2.75) is 146 Å². The second kappa shape index (κ2) is 13.3. The van der Waals surface area contributed by atoms with Crippen molar-refractivity contribution < 1.29 is 34.1 Å². The lowest BCUT2D eigenvalue weighted by Gasteiger charge is -2.72. The minimum absolute atomic E-state index is 0.0139. The second-order valence-corrected chi connectivity index (χ2v) is 21.2. The maximum atomic E-state index is 14.1. The number of fused-ring (bicyclic) bond motifs is 7. The molecule has 0 bridgehead atoms. The predicted octanol–water partition coefficient (Wildman–Crippen LogP) is 8.73. The first-order chi connectivity index (χ1) is 25.6. The number of aliphatic hydroxyl groups excluding tert-OH is 1. The average Bonchev–Trinajstić information content (AvgIpc) is 3.41. The van der Waals surface area contributed by atoms with Gasteiger partial charge in [-0.05, 0) is 128 Å². The Kier molecular flexibility index (Phi) is 9.70. The highest BCUT2D eigenvalue weighted by Gasteiger charge is 2.71. The van der Waals surface area contributed by atoms with Gasteiger partial charge >= 0.3 is 11.9 Å². The Morgan fingerprint density at radius 1 is 0.836 bits per heavy atom. The quantitative estimate of drug-likeness (QED) is 0.226. The number of aliphatic hydroxyl groups is 1. The van der Waals surface area contributed by atoms with Crippen LogP contribution < -0.4 is 5.32 Å². The van der Waals surface area contributed by atoms with Gasteiger partial charge in [0.05, 0.1) is 17.9 Å². The zero-order chi connectivity index (χ0) is 40.3. The summed E-state index contributed by atoms with van der Waals surface area (Å²) in [5.74, 6) is -0.965. The number of ketones is 1. The van der Waals surface area contributed by atoms with Crippen LogP contribution in [0.5, 0.6) is 0 Å². The molecule has 0 aromatic heterocycles. The molecule has 5 fully saturated rings. The van der Waals surface area contributed by atoms with Gasteiger partial charge in [-0.1, -0.05) is 85.6 Å².